The highest BCUT2D eigenvalue weighted by atomic mass is 32.2. The van der Waals surface area contributed by atoms with Gasteiger partial charge in [0.05, 0.1) is 5.75 Å². The van der Waals surface area contributed by atoms with E-state index in [9.17, 15) is 4.79 Å². The minimum absolute atomic E-state index is 0.102. The molecule has 0 atom stereocenters. The molecule has 18 heavy (non-hydrogen) atoms. The molecule has 1 N–H and O–H groups in total. The number of aryl methyl sites for hydroxylation is 2. The van der Waals surface area contributed by atoms with Crippen LogP contribution in [0.4, 0.5) is 0 Å². The van der Waals surface area contributed by atoms with E-state index < -0.39 is 0 Å². The second-order valence-corrected chi connectivity index (χ2v) is 6.37. The van der Waals surface area contributed by atoms with Gasteiger partial charge in [0, 0.05) is 10.4 Å². The van der Waals surface area contributed by atoms with Crippen LogP contribution in [0.2, 0.25) is 0 Å². The minimum atomic E-state index is -0.110. The van der Waals surface area contributed by atoms with Gasteiger partial charge in [0.25, 0.3) is 0 Å². The van der Waals surface area contributed by atoms with Crippen LogP contribution in [0.25, 0.3) is 0 Å². The first-order valence-electron chi connectivity index (χ1n) is 6.35. The second-order valence-electron chi connectivity index (χ2n) is 5.32. The molecule has 1 aromatic rings. The van der Waals surface area contributed by atoms with E-state index in [0.717, 1.165) is 11.3 Å². The van der Waals surface area contributed by atoms with Crippen LogP contribution in [0, 0.1) is 13.8 Å². The summed E-state index contributed by atoms with van der Waals surface area (Å²) in [5.41, 5.74) is 2.45. The zero-order valence-electron chi connectivity index (χ0n) is 12.0. The average molecular weight is 265 g/mol. The first-order valence-corrected chi connectivity index (χ1v) is 7.33. The second kappa shape index (κ2) is 6.28. The van der Waals surface area contributed by atoms with Crippen molar-refractivity contribution in [2.24, 2.45) is 0 Å². The van der Waals surface area contributed by atoms with E-state index in [1.807, 2.05) is 13.8 Å². The Morgan fingerprint density at radius 3 is 2.50 bits per heavy atom. The molecule has 0 bridgehead atoms. The first-order chi connectivity index (χ1) is 8.34. The Balaban J connectivity index is 2.50. The van der Waals surface area contributed by atoms with E-state index in [0.29, 0.717) is 5.75 Å². The zero-order chi connectivity index (χ0) is 13.8. The summed E-state index contributed by atoms with van der Waals surface area (Å²) in [4.78, 5) is 13.0. The van der Waals surface area contributed by atoms with E-state index in [-0.39, 0.29) is 11.4 Å². The Kier molecular flexibility index (Phi) is 5.27. The SMILES string of the molecule is CCC(C)(C)NC(=O)CSc1ccc(C)c(C)c1. The topological polar surface area (TPSA) is 29.1 Å². The fourth-order valence-corrected chi connectivity index (χ4v) is 2.25. The van der Waals surface area contributed by atoms with Crippen molar-refractivity contribution < 1.29 is 4.79 Å². The van der Waals surface area contributed by atoms with Gasteiger partial charge in [-0.05, 0) is 57.4 Å². The summed E-state index contributed by atoms with van der Waals surface area (Å²) in [6, 6.07) is 6.31. The molecule has 0 aliphatic heterocycles. The van der Waals surface area contributed by atoms with Gasteiger partial charge in [-0.3, -0.25) is 4.79 Å². The summed E-state index contributed by atoms with van der Waals surface area (Å²) in [5, 5.41) is 3.04. The van der Waals surface area contributed by atoms with Crippen LogP contribution in [0.1, 0.15) is 38.3 Å². The number of hydrogen-bond donors (Lipinski definition) is 1. The van der Waals surface area contributed by atoms with Crippen LogP contribution in [0.5, 0.6) is 0 Å². The molecular formula is C15H23NOS. The van der Waals surface area contributed by atoms with Crippen molar-refractivity contribution in [3.05, 3.63) is 29.3 Å². The molecule has 0 saturated heterocycles. The highest BCUT2D eigenvalue weighted by Gasteiger charge is 2.17. The average Bonchev–Trinajstić information content (AvgIpc) is 2.30. The van der Waals surface area contributed by atoms with Crippen LogP contribution in [-0.4, -0.2) is 17.2 Å². The molecular weight excluding hydrogens is 242 g/mol. The number of nitrogens with one attached hydrogen (secondary N) is 1. The molecule has 1 rings (SSSR count). The molecule has 0 heterocycles. The van der Waals surface area contributed by atoms with Gasteiger partial charge in [-0.25, -0.2) is 0 Å². The molecule has 1 aromatic carbocycles. The molecule has 3 heteroatoms. The van der Waals surface area contributed by atoms with Crippen molar-refractivity contribution in [2.45, 2.75) is 51.5 Å². The standard InChI is InChI=1S/C15H23NOS/c1-6-15(4,5)16-14(17)10-18-13-8-7-11(2)12(3)9-13/h7-9H,6,10H2,1-5H3,(H,16,17). The first kappa shape index (κ1) is 15.1. The molecule has 0 unspecified atom stereocenters. The summed E-state index contributed by atoms with van der Waals surface area (Å²) < 4.78 is 0. The van der Waals surface area contributed by atoms with Crippen LogP contribution in [0.15, 0.2) is 23.1 Å². The van der Waals surface area contributed by atoms with Crippen molar-refractivity contribution in [3.63, 3.8) is 0 Å². The van der Waals surface area contributed by atoms with Crippen molar-refractivity contribution in [2.75, 3.05) is 5.75 Å². The predicted octanol–water partition coefficient (Wildman–Crippen LogP) is 3.70. The van der Waals surface area contributed by atoms with Crippen LogP contribution >= 0.6 is 11.8 Å². The lowest BCUT2D eigenvalue weighted by atomic mass is 10.0. The van der Waals surface area contributed by atoms with Gasteiger partial charge < -0.3 is 5.32 Å². The van der Waals surface area contributed by atoms with Gasteiger partial charge in [-0.2, -0.15) is 0 Å². The Labute approximate surface area is 115 Å². The van der Waals surface area contributed by atoms with Crippen molar-refractivity contribution in [3.8, 4) is 0 Å². The summed E-state index contributed by atoms with van der Waals surface area (Å²) in [5.74, 6) is 0.580. The summed E-state index contributed by atoms with van der Waals surface area (Å²) >= 11 is 1.59. The third-order valence-corrected chi connectivity index (χ3v) is 4.20. The Morgan fingerprint density at radius 2 is 1.94 bits per heavy atom. The number of carbonyl (C=O) groups is 1. The smallest absolute Gasteiger partial charge is 0.230 e. The number of hydrogen-bond acceptors (Lipinski definition) is 2. The van der Waals surface area contributed by atoms with Gasteiger partial charge in [0.1, 0.15) is 0 Å². The zero-order valence-corrected chi connectivity index (χ0v) is 12.8. The molecule has 0 radical (unpaired) electrons. The molecule has 2 nitrogen and oxygen atoms in total. The maximum atomic E-state index is 11.8. The summed E-state index contributed by atoms with van der Waals surface area (Å²) in [7, 11) is 0. The number of benzene rings is 1. The fraction of sp³-hybridized carbons (Fsp3) is 0.533. The number of amides is 1. The molecule has 0 fully saturated rings. The van der Waals surface area contributed by atoms with E-state index in [1.165, 1.54) is 11.1 Å². The Hall–Kier alpha value is -0.960. The van der Waals surface area contributed by atoms with Crippen LogP contribution < -0.4 is 5.32 Å². The summed E-state index contributed by atoms with van der Waals surface area (Å²) in [6.45, 7) is 10.4. The van der Waals surface area contributed by atoms with Crippen molar-refractivity contribution in [1.82, 2.24) is 5.32 Å². The van der Waals surface area contributed by atoms with Gasteiger partial charge in [-0.1, -0.05) is 13.0 Å². The Bertz CT molecular complexity index is 427. The lowest BCUT2D eigenvalue weighted by Crippen LogP contribution is -2.43. The highest BCUT2D eigenvalue weighted by Crippen LogP contribution is 2.21. The van der Waals surface area contributed by atoms with Crippen molar-refractivity contribution >= 4 is 17.7 Å². The van der Waals surface area contributed by atoms with Crippen molar-refractivity contribution in [1.29, 1.82) is 0 Å². The quantitative estimate of drug-likeness (QED) is 0.822. The third kappa shape index (κ3) is 4.73. The van der Waals surface area contributed by atoms with Crippen LogP contribution in [0.3, 0.4) is 0 Å². The fourth-order valence-electron chi connectivity index (χ4n) is 1.45. The number of thioether (sulfide) groups is 1. The molecule has 0 aliphatic rings. The van der Waals surface area contributed by atoms with Gasteiger partial charge in [0.15, 0.2) is 0 Å². The Morgan fingerprint density at radius 1 is 1.28 bits per heavy atom. The molecule has 0 aromatic heterocycles. The highest BCUT2D eigenvalue weighted by molar-refractivity contribution is 8.00. The lowest BCUT2D eigenvalue weighted by Gasteiger charge is -2.24. The molecule has 0 saturated carbocycles. The maximum Gasteiger partial charge on any atom is 0.230 e. The minimum Gasteiger partial charge on any atom is -0.351 e. The van der Waals surface area contributed by atoms with E-state index in [2.05, 4.69) is 44.3 Å². The number of rotatable bonds is 5. The number of carbonyl (C=O) groups excluding carboxylic acids is 1. The van der Waals surface area contributed by atoms with E-state index >= 15 is 0 Å². The summed E-state index contributed by atoms with van der Waals surface area (Å²) in [6.07, 6.45) is 0.938. The third-order valence-electron chi connectivity index (χ3n) is 3.21. The molecule has 0 spiro atoms. The molecule has 1 amide bonds. The van der Waals surface area contributed by atoms with Crippen LogP contribution in [-0.2, 0) is 4.79 Å². The van der Waals surface area contributed by atoms with E-state index in [4.69, 9.17) is 0 Å². The lowest BCUT2D eigenvalue weighted by molar-refractivity contribution is -0.120. The largest absolute Gasteiger partial charge is 0.351 e. The van der Waals surface area contributed by atoms with Gasteiger partial charge in [0.2, 0.25) is 5.91 Å². The molecule has 100 valence electrons. The maximum absolute atomic E-state index is 11.8. The van der Waals surface area contributed by atoms with Gasteiger partial charge >= 0.3 is 0 Å². The van der Waals surface area contributed by atoms with Gasteiger partial charge in [-0.15, -0.1) is 11.8 Å². The predicted molar refractivity (Wildman–Crippen MR) is 79.2 cm³/mol. The van der Waals surface area contributed by atoms with E-state index in [1.54, 1.807) is 11.8 Å². The monoisotopic (exact) mass is 265 g/mol. The molecule has 0 aliphatic carbocycles. The normalized spacial score (nSPS) is 11.4.